The van der Waals surface area contributed by atoms with E-state index in [1.165, 1.54) is 12.8 Å². The van der Waals surface area contributed by atoms with Crippen LogP contribution >= 0.6 is 0 Å². The summed E-state index contributed by atoms with van der Waals surface area (Å²) < 4.78 is 6.09. The molecule has 122 valence electrons. The van der Waals surface area contributed by atoms with Crippen molar-refractivity contribution in [1.82, 2.24) is 5.32 Å². The minimum absolute atomic E-state index is 0.169. The SMILES string of the molecule is CCN1CC(C)(C)Oc2ccc(C(O)C3CCCCN3)cc21. The number of hydrogen-bond donors (Lipinski definition) is 2. The molecule has 3 rings (SSSR count). The lowest BCUT2D eigenvalue weighted by Gasteiger charge is -2.41. The lowest BCUT2D eigenvalue weighted by molar-refractivity contribution is 0.103. The van der Waals surface area contributed by atoms with E-state index in [4.69, 9.17) is 4.74 Å². The van der Waals surface area contributed by atoms with E-state index in [-0.39, 0.29) is 11.6 Å². The molecule has 2 heterocycles. The van der Waals surface area contributed by atoms with Gasteiger partial charge in [-0.25, -0.2) is 0 Å². The van der Waals surface area contributed by atoms with Gasteiger partial charge in [0.25, 0.3) is 0 Å². The van der Waals surface area contributed by atoms with E-state index < -0.39 is 6.10 Å². The zero-order valence-corrected chi connectivity index (χ0v) is 13.9. The number of hydrogen-bond acceptors (Lipinski definition) is 4. The second-order valence-corrected chi connectivity index (χ2v) is 7.10. The summed E-state index contributed by atoms with van der Waals surface area (Å²) >= 11 is 0. The number of nitrogens with one attached hydrogen (secondary N) is 1. The summed E-state index contributed by atoms with van der Waals surface area (Å²) in [6.45, 7) is 9.22. The Labute approximate surface area is 133 Å². The highest BCUT2D eigenvalue weighted by atomic mass is 16.5. The highest BCUT2D eigenvalue weighted by Crippen LogP contribution is 2.39. The molecule has 2 atom stereocenters. The fourth-order valence-corrected chi connectivity index (χ4v) is 3.59. The van der Waals surface area contributed by atoms with E-state index in [2.05, 4.69) is 37.1 Å². The Kier molecular flexibility index (Phi) is 4.33. The maximum Gasteiger partial charge on any atom is 0.143 e. The molecular weight excluding hydrogens is 276 g/mol. The minimum Gasteiger partial charge on any atom is -0.484 e. The van der Waals surface area contributed by atoms with Crippen LogP contribution in [0, 0.1) is 0 Å². The molecule has 0 bridgehead atoms. The largest absolute Gasteiger partial charge is 0.484 e. The second-order valence-electron chi connectivity index (χ2n) is 7.10. The Morgan fingerprint density at radius 3 is 2.91 bits per heavy atom. The third-order valence-corrected chi connectivity index (χ3v) is 4.73. The number of ether oxygens (including phenoxy) is 1. The Bertz CT molecular complexity index is 524. The first-order chi connectivity index (χ1) is 10.5. The van der Waals surface area contributed by atoms with Crippen LogP contribution in [0.5, 0.6) is 5.75 Å². The number of rotatable bonds is 3. The number of benzene rings is 1. The number of piperidine rings is 1. The summed E-state index contributed by atoms with van der Waals surface area (Å²) in [7, 11) is 0. The molecule has 0 aromatic heterocycles. The van der Waals surface area contributed by atoms with E-state index in [0.717, 1.165) is 43.1 Å². The predicted octanol–water partition coefficient (Wildman–Crippen LogP) is 2.86. The fraction of sp³-hybridized carbons (Fsp3) is 0.667. The summed E-state index contributed by atoms with van der Waals surface area (Å²) in [5, 5.41) is 14.1. The van der Waals surface area contributed by atoms with Gasteiger partial charge in [-0.3, -0.25) is 0 Å². The van der Waals surface area contributed by atoms with Gasteiger partial charge in [-0.2, -0.15) is 0 Å². The molecule has 0 amide bonds. The van der Waals surface area contributed by atoms with Gasteiger partial charge >= 0.3 is 0 Å². The van der Waals surface area contributed by atoms with Gasteiger partial charge in [0.1, 0.15) is 11.4 Å². The zero-order valence-electron chi connectivity index (χ0n) is 13.9. The highest BCUT2D eigenvalue weighted by molar-refractivity contribution is 5.62. The number of nitrogens with zero attached hydrogens (tertiary/aromatic N) is 1. The van der Waals surface area contributed by atoms with Crippen molar-refractivity contribution in [2.45, 2.75) is 57.8 Å². The number of anilines is 1. The number of aliphatic hydroxyl groups is 1. The molecule has 1 aromatic carbocycles. The Morgan fingerprint density at radius 2 is 2.23 bits per heavy atom. The van der Waals surface area contributed by atoms with Crippen LogP contribution < -0.4 is 15.0 Å². The highest BCUT2D eigenvalue weighted by Gasteiger charge is 2.32. The number of fused-ring (bicyclic) bond motifs is 1. The topological polar surface area (TPSA) is 44.7 Å². The van der Waals surface area contributed by atoms with Crippen LogP contribution in [0.2, 0.25) is 0 Å². The summed E-state index contributed by atoms with van der Waals surface area (Å²) in [6.07, 6.45) is 3.00. The van der Waals surface area contributed by atoms with E-state index in [1.54, 1.807) is 0 Å². The molecule has 0 spiro atoms. The van der Waals surface area contributed by atoms with Crippen LogP contribution in [0.1, 0.15) is 51.7 Å². The van der Waals surface area contributed by atoms with Crippen molar-refractivity contribution in [2.24, 2.45) is 0 Å². The summed E-state index contributed by atoms with van der Waals surface area (Å²) in [4.78, 5) is 2.34. The van der Waals surface area contributed by atoms with Gasteiger partial charge in [0.15, 0.2) is 0 Å². The minimum atomic E-state index is -0.445. The van der Waals surface area contributed by atoms with Gasteiger partial charge in [0.2, 0.25) is 0 Å². The molecule has 2 unspecified atom stereocenters. The van der Waals surface area contributed by atoms with Gasteiger partial charge in [-0.15, -0.1) is 0 Å². The molecule has 1 saturated heterocycles. The average molecular weight is 304 g/mol. The van der Waals surface area contributed by atoms with E-state index in [1.807, 2.05) is 12.1 Å². The van der Waals surface area contributed by atoms with Gasteiger partial charge < -0.3 is 20.1 Å². The molecule has 4 nitrogen and oxygen atoms in total. The average Bonchev–Trinajstić information content (AvgIpc) is 2.53. The lowest BCUT2D eigenvalue weighted by atomic mass is 9.94. The molecule has 0 radical (unpaired) electrons. The van der Waals surface area contributed by atoms with Crippen molar-refractivity contribution in [3.63, 3.8) is 0 Å². The number of aliphatic hydroxyl groups excluding tert-OH is 1. The molecule has 2 aliphatic heterocycles. The van der Waals surface area contributed by atoms with E-state index >= 15 is 0 Å². The smallest absolute Gasteiger partial charge is 0.143 e. The van der Waals surface area contributed by atoms with Gasteiger partial charge in [0, 0.05) is 12.6 Å². The Hall–Kier alpha value is -1.26. The normalized spacial score (nSPS) is 25.3. The van der Waals surface area contributed by atoms with Gasteiger partial charge in [0.05, 0.1) is 18.3 Å². The second kappa shape index (κ2) is 6.09. The summed E-state index contributed by atoms with van der Waals surface area (Å²) in [5.41, 5.74) is 1.92. The summed E-state index contributed by atoms with van der Waals surface area (Å²) in [5.74, 6) is 0.922. The van der Waals surface area contributed by atoms with Crippen LogP contribution in [-0.4, -0.2) is 36.4 Å². The Morgan fingerprint density at radius 1 is 1.41 bits per heavy atom. The predicted molar refractivity (Wildman–Crippen MR) is 89.6 cm³/mol. The first kappa shape index (κ1) is 15.6. The monoisotopic (exact) mass is 304 g/mol. The Balaban J connectivity index is 1.86. The third-order valence-electron chi connectivity index (χ3n) is 4.73. The van der Waals surface area contributed by atoms with Crippen LogP contribution in [0.25, 0.3) is 0 Å². The third kappa shape index (κ3) is 3.08. The van der Waals surface area contributed by atoms with Crippen molar-refractivity contribution >= 4 is 5.69 Å². The molecule has 1 aromatic rings. The standard InChI is InChI=1S/C18H28N2O2/c1-4-20-12-18(2,3)22-16-9-8-13(11-15(16)20)17(21)14-7-5-6-10-19-14/h8-9,11,14,17,19,21H,4-7,10,12H2,1-3H3. The molecule has 1 fully saturated rings. The van der Waals surface area contributed by atoms with Crippen LogP contribution in [0.4, 0.5) is 5.69 Å². The van der Waals surface area contributed by atoms with Crippen molar-refractivity contribution in [3.8, 4) is 5.75 Å². The summed E-state index contributed by atoms with van der Waals surface area (Å²) in [6, 6.07) is 6.30. The van der Waals surface area contributed by atoms with Crippen LogP contribution in [-0.2, 0) is 0 Å². The molecule has 0 saturated carbocycles. The fourth-order valence-electron chi connectivity index (χ4n) is 3.59. The quantitative estimate of drug-likeness (QED) is 0.901. The molecular formula is C18H28N2O2. The van der Waals surface area contributed by atoms with Crippen LogP contribution in [0.15, 0.2) is 18.2 Å². The van der Waals surface area contributed by atoms with Gasteiger partial charge in [-0.05, 0) is 57.9 Å². The zero-order chi connectivity index (χ0) is 15.7. The maximum absolute atomic E-state index is 10.7. The number of likely N-dealkylation sites (N-methyl/N-ethyl adjacent to an activating group) is 1. The maximum atomic E-state index is 10.7. The molecule has 0 aliphatic carbocycles. The van der Waals surface area contributed by atoms with E-state index in [0.29, 0.717) is 0 Å². The van der Waals surface area contributed by atoms with E-state index in [9.17, 15) is 5.11 Å². The lowest BCUT2D eigenvalue weighted by Crippen LogP contribution is -2.47. The van der Waals surface area contributed by atoms with Crippen molar-refractivity contribution in [1.29, 1.82) is 0 Å². The van der Waals surface area contributed by atoms with Crippen molar-refractivity contribution < 1.29 is 9.84 Å². The molecule has 22 heavy (non-hydrogen) atoms. The molecule has 2 aliphatic rings. The molecule has 2 N–H and O–H groups in total. The first-order valence-corrected chi connectivity index (χ1v) is 8.49. The molecule has 4 heteroatoms. The van der Waals surface area contributed by atoms with Gasteiger partial charge in [-0.1, -0.05) is 12.5 Å². The van der Waals surface area contributed by atoms with Crippen molar-refractivity contribution in [2.75, 3.05) is 24.5 Å². The van der Waals surface area contributed by atoms with Crippen LogP contribution in [0.3, 0.4) is 0 Å². The van der Waals surface area contributed by atoms with Crippen molar-refractivity contribution in [3.05, 3.63) is 23.8 Å². The first-order valence-electron chi connectivity index (χ1n) is 8.49.